The third-order valence-corrected chi connectivity index (χ3v) is 5.63. The van der Waals surface area contributed by atoms with E-state index in [-0.39, 0.29) is 5.91 Å². The molecule has 1 aliphatic carbocycles. The number of anilines is 1. The standard InChI is InChI=1S/C20H21N5O/c21-14-15-2-4-16(5-3-15)18(26)25-10-6-20(7-11-25)12-17(13-20)24-19-22-8-1-9-23-19/h1-5,8-9,17H,6-7,10-13H2,(H,22,23,24). The number of hydrogen-bond acceptors (Lipinski definition) is 5. The van der Waals surface area contributed by atoms with Crippen molar-refractivity contribution in [1.29, 1.82) is 5.26 Å². The summed E-state index contributed by atoms with van der Waals surface area (Å²) >= 11 is 0. The molecule has 1 spiro atoms. The van der Waals surface area contributed by atoms with Crippen LogP contribution in [0.2, 0.25) is 0 Å². The van der Waals surface area contributed by atoms with Gasteiger partial charge in [0.15, 0.2) is 0 Å². The second-order valence-corrected chi connectivity index (χ2v) is 7.30. The van der Waals surface area contributed by atoms with Crippen LogP contribution in [0.25, 0.3) is 0 Å². The lowest BCUT2D eigenvalue weighted by atomic mass is 9.60. The fourth-order valence-electron chi connectivity index (χ4n) is 4.11. The van der Waals surface area contributed by atoms with Gasteiger partial charge >= 0.3 is 0 Å². The second kappa shape index (κ2) is 6.75. The molecule has 1 aliphatic heterocycles. The zero-order valence-electron chi connectivity index (χ0n) is 14.6. The Kier molecular flexibility index (Phi) is 4.29. The predicted octanol–water partition coefficient (Wildman–Crippen LogP) is 2.85. The van der Waals surface area contributed by atoms with Crippen LogP contribution in [0.3, 0.4) is 0 Å². The molecule has 2 aliphatic rings. The Hall–Kier alpha value is -2.94. The van der Waals surface area contributed by atoms with Gasteiger partial charge in [0.05, 0.1) is 11.6 Å². The second-order valence-electron chi connectivity index (χ2n) is 7.30. The van der Waals surface area contributed by atoms with Crippen molar-refractivity contribution in [3.63, 3.8) is 0 Å². The van der Waals surface area contributed by atoms with Gasteiger partial charge in [-0.2, -0.15) is 5.26 Å². The normalized spacial score (nSPS) is 18.8. The van der Waals surface area contributed by atoms with Crippen LogP contribution in [0.4, 0.5) is 5.95 Å². The Balaban J connectivity index is 1.29. The number of nitriles is 1. The first kappa shape index (κ1) is 16.5. The third-order valence-electron chi connectivity index (χ3n) is 5.63. The fraction of sp³-hybridized carbons (Fsp3) is 0.400. The van der Waals surface area contributed by atoms with E-state index in [0.717, 1.165) is 38.8 Å². The smallest absolute Gasteiger partial charge is 0.253 e. The Bertz CT molecular complexity index is 812. The van der Waals surface area contributed by atoms with Gasteiger partial charge in [-0.25, -0.2) is 9.97 Å². The van der Waals surface area contributed by atoms with Gasteiger partial charge in [0.1, 0.15) is 0 Å². The summed E-state index contributed by atoms with van der Waals surface area (Å²) in [5, 5.41) is 12.3. The van der Waals surface area contributed by atoms with E-state index in [4.69, 9.17) is 5.26 Å². The molecule has 1 amide bonds. The van der Waals surface area contributed by atoms with E-state index in [2.05, 4.69) is 21.4 Å². The molecule has 6 nitrogen and oxygen atoms in total. The van der Waals surface area contributed by atoms with Gasteiger partial charge in [-0.3, -0.25) is 4.79 Å². The van der Waals surface area contributed by atoms with Crippen molar-refractivity contribution < 1.29 is 4.79 Å². The largest absolute Gasteiger partial charge is 0.351 e. The molecular formula is C20H21N5O. The number of nitrogens with zero attached hydrogens (tertiary/aromatic N) is 4. The molecule has 0 atom stereocenters. The Morgan fingerprint density at radius 2 is 1.81 bits per heavy atom. The zero-order valence-corrected chi connectivity index (χ0v) is 14.6. The molecule has 2 aromatic rings. The van der Waals surface area contributed by atoms with Crippen LogP contribution in [0.5, 0.6) is 0 Å². The highest BCUT2D eigenvalue weighted by molar-refractivity contribution is 5.94. The van der Waals surface area contributed by atoms with Crippen molar-refractivity contribution in [3.05, 3.63) is 53.9 Å². The van der Waals surface area contributed by atoms with Crippen molar-refractivity contribution in [1.82, 2.24) is 14.9 Å². The van der Waals surface area contributed by atoms with Gasteiger partial charge in [-0.15, -0.1) is 0 Å². The summed E-state index contributed by atoms with van der Waals surface area (Å²) in [5.74, 6) is 0.761. The van der Waals surface area contributed by atoms with E-state index in [9.17, 15) is 4.79 Å². The first-order valence-corrected chi connectivity index (χ1v) is 9.00. The Morgan fingerprint density at radius 3 is 2.42 bits per heavy atom. The van der Waals surface area contributed by atoms with E-state index in [0.29, 0.717) is 28.5 Å². The average Bonchev–Trinajstić information content (AvgIpc) is 2.68. The van der Waals surface area contributed by atoms with Gasteiger partial charge < -0.3 is 10.2 Å². The molecule has 26 heavy (non-hydrogen) atoms. The maximum absolute atomic E-state index is 12.6. The van der Waals surface area contributed by atoms with Gasteiger partial charge in [0, 0.05) is 37.1 Å². The van der Waals surface area contributed by atoms with E-state index < -0.39 is 0 Å². The molecule has 2 fully saturated rings. The Labute approximate surface area is 152 Å². The molecule has 0 radical (unpaired) electrons. The number of aromatic nitrogens is 2. The fourth-order valence-corrected chi connectivity index (χ4v) is 4.11. The van der Waals surface area contributed by atoms with E-state index in [1.165, 1.54) is 0 Å². The highest BCUT2D eigenvalue weighted by Crippen LogP contribution is 2.49. The van der Waals surface area contributed by atoms with Gasteiger partial charge in [-0.1, -0.05) is 0 Å². The number of rotatable bonds is 3. The molecule has 6 heteroatoms. The van der Waals surface area contributed by atoms with E-state index >= 15 is 0 Å². The summed E-state index contributed by atoms with van der Waals surface area (Å²) in [5.41, 5.74) is 1.59. The topological polar surface area (TPSA) is 81.9 Å². The van der Waals surface area contributed by atoms with Crippen LogP contribution in [-0.2, 0) is 0 Å². The van der Waals surface area contributed by atoms with Crippen molar-refractivity contribution in [2.24, 2.45) is 5.41 Å². The number of carbonyl (C=O) groups is 1. The molecular weight excluding hydrogens is 326 g/mol. The first-order valence-electron chi connectivity index (χ1n) is 9.00. The maximum Gasteiger partial charge on any atom is 0.253 e. The molecule has 2 heterocycles. The van der Waals surface area contributed by atoms with Crippen molar-refractivity contribution >= 4 is 11.9 Å². The lowest BCUT2D eigenvalue weighted by Gasteiger charge is -2.52. The first-order chi connectivity index (χ1) is 12.7. The van der Waals surface area contributed by atoms with E-state index in [1.54, 1.807) is 36.7 Å². The van der Waals surface area contributed by atoms with Crippen LogP contribution >= 0.6 is 0 Å². The van der Waals surface area contributed by atoms with Crippen LogP contribution in [0, 0.1) is 16.7 Å². The lowest BCUT2D eigenvalue weighted by molar-refractivity contribution is 0.0218. The summed E-state index contributed by atoms with van der Waals surface area (Å²) in [6, 6.07) is 11.2. The maximum atomic E-state index is 12.6. The molecule has 1 saturated carbocycles. The molecule has 0 unspecified atom stereocenters. The van der Waals surface area contributed by atoms with Crippen LogP contribution in [0.15, 0.2) is 42.7 Å². The van der Waals surface area contributed by atoms with Crippen molar-refractivity contribution in [2.75, 3.05) is 18.4 Å². The molecule has 132 valence electrons. The number of likely N-dealkylation sites (tertiary alicyclic amines) is 1. The van der Waals surface area contributed by atoms with Gasteiger partial charge in [-0.05, 0) is 61.4 Å². The van der Waals surface area contributed by atoms with Crippen molar-refractivity contribution in [2.45, 2.75) is 31.7 Å². The summed E-state index contributed by atoms with van der Waals surface area (Å²) in [6.45, 7) is 1.60. The minimum absolute atomic E-state index is 0.0658. The van der Waals surface area contributed by atoms with E-state index in [1.807, 2.05) is 11.0 Å². The monoisotopic (exact) mass is 347 g/mol. The number of benzene rings is 1. The lowest BCUT2D eigenvalue weighted by Crippen LogP contribution is -2.52. The molecule has 4 rings (SSSR count). The zero-order chi connectivity index (χ0) is 18.0. The summed E-state index contributed by atoms with van der Waals surface area (Å²) in [6.07, 6.45) is 7.81. The molecule has 0 bridgehead atoms. The van der Waals surface area contributed by atoms with Crippen molar-refractivity contribution in [3.8, 4) is 6.07 Å². The third kappa shape index (κ3) is 3.25. The SMILES string of the molecule is N#Cc1ccc(C(=O)N2CCC3(CC2)CC(Nc2ncccn2)C3)cc1. The minimum atomic E-state index is 0.0658. The van der Waals surface area contributed by atoms with Crippen LogP contribution in [-0.4, -0.2) is 39.9 Å². The summed E-state index contributed by atoms with van der Waals surface area (Å²) < 4.78 is 0. The number of nitrogens with one attached hydrogen (secondary N) is 1. The molecule has 1 saturated heterocycles. The highest BCUT2D eigenvalue weighted by Gasteiger charge is 2.46. The number of carbonyl (C=O) groups excluding carboxylic acids is 1. The highest BCUT2D eigenvalue weighted by atomic mass is 16.2. The quantitative estimate of drug-likeness (QED) is 0.923. The molecule has 1 N–H and O–H groups in total. The predicted molar refractivity (Wildman–Crippen MR) is 97.4 cm³/mol. The van der Waals surface area contributed by atoms with Gasteiger partial charge in [0.25, 0.3) is 5.91 Å². The average molecular weight is 347 g/mol. The van der Waals surface area contributed by atoms with Gasteiger partial charge in [0.2, 0.25) is 5.95 Å². The number of amides is 1. The summed E-state index contributed by atoms with van der Waals surface area (Å²) in [7, 11) is 0. The van der Waals surface area contributed by atoms with Crippen LogP contribution in [0.1, 0.15) is 41.6 Å². The summed E-state index contributed by atoms with van der Waals surface area (Å²) in [4.78, 5) is 23.0. The molecule has 1 aromatic heterocycles. The van der Waals surface area contributed by atoms with Crippen LogP contribution < -0.4 is 5.32 Å². The molecule has 1 aromatic carbocycles. The minimum Gasteiger partial charge on any atom is -0.351 e. The number of hydrogen-bond donors (Lipinski definition) is 1. The Morgan fingerprint density at radius 1 is 1.15 bits per heavy atom. The number of piperidine rings is 1.